The van der Waals surface area contributed by atoms with Crippen LogP contribution in [0.5, 0.6) is 0 Å². The summed E-state index contributed by atoms with van der Waals surface area (Å²) in [7, 11) is 0. The Kier molecular flexibility index (Phi) is 3.48. The zero-order valence-electron chi connectivity index (χ0n) is 11.7. The van der Waals surface area contributed by atoms with Gasteiger partial charge in [0.25, 0.3) is 5.91 Å². The number of aryl methyl sites for hydroxylation is 1. The van der Waals surface area contributed by atoms with Crippen molar-refractivity contribution in [2.45, 2.75) is 25.3 Å². The molecule has 0 spiro atoms. The molecule has 0 aliphatic heterocycles. The predicted molar refractivity (Wildman–Crippen MR) is 82.9 cm³/mol. The molecule has 1 aliphatic carbocycles. The molecule has 5 N–H and O–H groups in total. The molecule has 3 rings (SSSR count). The van der Waals surface area contributed by atoms with Crippen molar-refractivity contribution < 1.29 is 4.79 Å². The van der Waals surface area contributed by atoms with Gasteiger partial charge in [0, 0.05) is 5.69 Å². The van der Waals surface area contributed by atoms with Crippen LogP contribution in [-0.4, -0.2) is 10.9 Å². The fourth-order valence-electron chi connectivity index (χ4n) is 2.82. The number of nitrogen functional groups attached to an aromatic ring is 1. The highest BCUT2D eigenvalue weighted by atomic mass is 16.1. The van der Waals surface area contributed by atoms with E-state index in [4.69, 9.17) is 11.5 Å². The number of hydrogen-bond donors (Lipinski definition) is 3. The molecule has 5 heteroatoms. The zero-order valence-corrected chi connectivity index (χ0v) is 11.7. The van der Waals surface area contributed by atoms with E-state index in [9.17, 15) is 4.79 Å². The molecule has 1 unspecified atom stereocenters. The summed E-state index contributed by atoms with van der Waals surface area (Å²) in [5.74, 6) is 0.149. The number of nitrogens with zero attached hydrogens (tertiary/aromatic N) is 1. The number of nitrogens with two attached hydrogens (primary N) is 2. The number of carbonyl (C=O) groups excluding carboxylic acids is 1. The minimum Gasteiger partial charge on any atom is -0.399 e. The number of benzene rings is 1. The molecule has 108 valence electrons. The number of nitrogens with one attached hydrogen (secondary N) is 1. The summed E-state index contributed by atoms with van der Waals surface area (Å²) in [6.45, 7) is 0. The molecule has 2 aromatic rings. The lowest BCUT2D eigenvalue weighted by molar-refractivity contribution is 0.0995. The van der Waals surface area contributed by atoms with Gasteiger partial charge in [-0.2, -0.15) is 0 Å². The number of anilines is 2. The topological polar surface area (TPSA) is 94.0 Å². The van der Waals surface area contributed by atoms with E-state index in [0.717, 1.165) is 24.9 Å². The largest absolute Gasteiger partial charge is 0.399 e. The lowest BCUT2D eigenvalue weighted by Gasteiger charge is -2.27. The van der Waals surface area contributed by atoms with Gasteiger partial charge in [0.15, 0.2) is 0 Å². The fourth-order valence-corrected chi connectivity index (χ4v) is 2.82. The van der Waals surface area contributed by atoms with Crippen LogP contribution in [0.4, 0.5) is 11.5 Å². The lowest BCUT2D eigenvalue weighted by Crippen LogP contribution is -2.19. The highest BCUT2D eigenvalue weighted by molar-refractivity contribution is 5.91. The van der Waals surface area contributed by atoms with Crippen molar-refractivity contribution in [2.24, 2.45) is 5.73 Å². The van der Waals surface area contributed by atoms with E-state index in [2.05, 4.69) is 16.4 Å². The molecule has 1 aromatic heterocycles. The number of carbonyl (C=O) groups is 1. The van der Waals surface area contributed by atoms with Crippen molar-refractivity contribution in [2.75, 3.05) is 11.1 Å². The minimum atomic E-state index is -0.518. The highest BCUT2D eigenvalue weighted by Gasteiger charge is 2.20. The van der Waals surface area contributed by atoms with Gasteiger partial charge in [-0.1, -0.05) is 12.1 Å². The van der Waals surface area contributed by atoms with Gasteiger partial charge in [0.1, 0.15) is 11.5 Å². The number of aromatic nitrogens is 1. The van der Waals surface area contributed by atoms with Crippen LogP contribution in [0, 0.1) is 0 Å². The third-order valence-corrected chi connectivity index (χ3v) is 3.81. The quantitative estimate of drug-likeness (QED) is 0.753. The van der Waals surface area contributed by atoms with Gasteiger partial charge in [-0.25, -0.2) is 4.98 Å². The second kappa shape index (κ2) is 5.44. The molecule has 1 aromatic carbocycles. The first-order chi connectivity index (χ1) is 10.1. The molecule has 0 fully saturated rings. The molecule has 1 amide bonds. The SMILES string of the molecule is NC(=O)c1cccc(NC2CCCc3cc(N)ccc32)n1. The number of primary amides is 1. The summed E-state index contributed by atoms with van der Waals surface area (Å²) in [4.78, 5) is 15.4. The first-order valence-corrected chi connectivity index (χ1v) is 7.05. The van der Waals surface area contributed by atoms with E-state index in [1.54, 1.807) is 12.1 Å². The monoisotopic (exact) mass is 282 g/mol. The van der Waals surface area contributed by atoms with Gasteiger partial charge >= 0.3 is 0 Å². The van der Waals surface area contributed by atoms with Crippen LogP contribution in [0.25, 0.3) is 0 Å². The molecule has 0 radical (unpaired) electrons. The van der Waals surface area contributed by atoms with Crippen LogP contribution in [0.1, 0.15) is 40.5 Å². The van der Waals surface area contributed by atoms with Gasteiger partial charge in [-0.15, -0.1) is 0 Å². The maximum atomic E-state index is 11.2. The standard InChI is InChI=1S/C16H18N4O/c17-11-7-8-12-10(9-11)3-1-4-13(12)19-15-6-2-5-14(20-15)16(18)21/h2,5-9,13H,1,3-4,17H2,(H2,18,21)(H,19,20). The van der Waals surface area contributed by atoms with Crippen molar-refractivity contribution >= 4 is 17.4 Å². The minimum absolute atomic E-state index is 0.185. The number of pyridine rings is 1. The summed E-state index contributed by atoms with van der Waals surface area (Å²) >= 11 is 0. The summed E-state index contributed by atoms with van der Waals surface area (Å²) in [5, 5.41) is 3.39. The Morgan fingerprint density at radius 2 is 2.14 bits per heavy atom. The van der Waals surface area contributed by atoms with Crippen LogP contribution in [-0.2, 0) is 6.42 Å². The molecule has 1 aliphatic rings. The van der Waals surface area contributed by atoms with E-state index >= 15 is 0 Å². The molecule has 0 saturated carbocycles. The average Bonchev–Trinajstić information content (AvgIpc) is 2.47. The number of rotatable bonds is 3. The van der Waals surface area contributed by atoms with Crippen LogP contribution >= 0.6 is 0 Å². The summed E-state index contributed by atoms with van der Waals surface area (Å²) in [5.41, 5.74) is 14.7. The average molecular weight is 282 g/mol. The van der Waals surface area contributed by atoms with Crippen molar-refractivity contribution in [1.29, 1.82) is 0 Å². The number of fused-ring (bicyclic) bond motifs is 1. The van der Waals surface area contributed by atoms with Crippen LogP contribution in [0.2, 0.25) is 0 Å². The van der Waals surface area contributed by atoms with Crippen LogP contribution in [0.15, 0.2) is 36.4 Å². The Labute approximate surface area is 123 Å². The van der Waals surface area contributed by atoms with Crippen molar-refractivity contribution in [3.63, 3.8) is 0 Å². The van der Waals surface area contributed by atoms with Gasteiger partial charge in [-0.3, -0.25) is 4.79 Å². The van der Waals surface area contributed by atoms with E-state index in [1.807, 2.05) is 18.2 Å². The molecular weight excluding hydrogens is 264 g/mol. The molecule has 0 saturated heterocycles. The number of hydrogen-bond acceptors (Lipinski definition) is 4. The molecule has 5 nitrogen and oxygen atoms in total. The van der Waals surface area contributed by atoms with E-state index in [0.29, 0.717) is 5.82 Å². The Morgan fingerprint density at radius 1 is 1.29 bits per heavy atom. The Balaban J connectivity index is 1.86. The molecule has 1 heterocycles. The van der Waals surface area contributed by atoms with E-state index < -0.39 is 5.91 Å². The molecule has 0 bridgehead atoms. The normalized spacial score (nSPS) is 17.0. The smallest absolute Gasteiger partial charge is 0.267 e. The summed E-state index contributed by atoms with van der Waals surface area (Å²) in [6.07, 6.45) is 3.18. The summed E-state index contributed by atoms with van der Waals surface area (Å²) in [6, 6.07) is 11.5. The van der Waals surface area contributed by atoms with E-state index in [-0.39, 0.29) is 11.7 Å². The molecule has 1 atom stereocenters. The van der Waals surface area contributed by atoms with Gasteiger partial charge in [0.05, 0.1) is 6.04 Å². The fraction of sp³-hybridized carbons (Fsp3) is 0.250. The Hall–Kier alpha value is -2.56. The second-order valence-corrected chi connectivity index (χ2v) is 5.32. The lowest BCUT2D eigenvalue weighted by atomic mass is 9.87. The number of amides is 1. The van der Waals surface area contributed by atoms with Gasteiger partial charge < -0.3 is 16.8 Å². The Morgan fingerprint density at radius 3 is 2.95 bits per heavy atom. The van der Waals surface area contributed by atoms with Crippen molar-refractivity contribution in [3.05, 3.63) is 53.2 Å². The molecular formula is C16H18N4O. The van der Waals surface area contributed by atoms with Gasteiger partial charge in [0.2, 0.25) is 0 Å². The third kappa shape index (κ3) is 2.81. The van der Waals surface area contributed by atoms with Crippen LogP contribution in [0.3, 0.4) is 0 Å². The van der Waals surface area contributed by atoms with Crippen molar-refractivity contribution in [3.8, 4) is 0 Å². The van der Waals surface area contributed by atoms with Gasteiger partial charge in [-0.05, 0) is 54.7 Å². The maximum absolute atomic E-state index is 11.2. The second-order valence-electron chi connectivity index (χ2n) is 5.32. The van der Waals surface area contributed by atoms with Crippen LogP contribution < -0.4 is 16.8 Å². The van der Waals surface area contributed by atoms with Crippen molar-refractivity contribution in [1.82, 2.24) is 4.98 Å². The predicted octanol–water partition coefficient (Wildman–Crippen LogP) is 2.25. The first kappa shape index (κ1) is 13.4. The first-order valence-electron chi connectivity index (χ1n) is 7.05. The molecule has 21 heavy (non-hydrogen) atoms. The summed E-state index contributed by atoms with van der Waals surface area (Å²) < 4.78 is 0. The maximum Gasteiger partial charge on any atom is 0.267 e. The third-order valence-electron chi connectivity index (χ3n) is 3.81. The zero-order chi connectivity index (χ0) is 14.8. The Bertz CT molecular complexity index is 684. The highest BCUT2D eigenvalue weighted by Crippen LogP contribution is 2.33. The van der Waals surface area contributed by atoms with E-state index in [1.165, 1.54) is 11.1 Å².